The van der Waals surface area contributed by atoms with E-state index < -0.39 is 15.8 Å². The van der Waals surface area contributed by atoms with Gasteiger partial charge in [0, 0.05) is 12.7 Å². The predicted molar refractivity (Wildman–Crippen MR) is 119 cm³/mol. The molecule has 0 saturated heterocycles. The highest BCUT2D eigenvalue weighted by Crippen LogP contribution is 2.36. The minimum atomic E-state index is -3.61. The van der Waals surface area contributed by atoms with Crippen LogP contribution in [0.1, 0.15) is 25.3 Å². The summed E-state index contributed by atoms with van der Waals surface area (Å²) in [5.41, 5.74) is 1.31. The van der Waals surface area contributed by atoms with Gasteiger partial charge in [-0.3, -0.25) is 9.52 Å². The number of aromatic nitrogens is 2. The maximum Gasteiger partial charge on any atom is 0.261 e. The van der Waals surface area contributed by atoms with Crippen molar-refractivity contribution in [2.24, 2.45) is 7.05 Å². The van der Waals surface area contributed by atoms with Crippen molar-refractivity contribution in [1.82, 2.24) is 9.55 Å². The average Bonchev–Trinajstić information content (AvgIpc) is 2.70. The molecule has 1 aromatic heterocycles. The van der Waals surface area contributed by atoms with Gasteiger partial charge in [-0.05, 0) is 43.2 Å². The molecule has 0 aliphatic carbocycles. The monoisotopic (exact) mass is 452 g/mol. The number of benzene rings is 2. The lowest BCUT2D eigenvalue weighted by atomic mass is 10.1. The Hall–Kier alpha value is -2.65. The number of unbranched alkanes of at least 4 members (excludes halogenated alkanes) is 1. The van der Waals surface area contributed by atoms with Gasteiger partial charge in [0.15, 0.2) is 0 Å². The molecule has 7 nitrogen and oxygen atoms in total. The van der Waals surface area contributed by atoms with Crippen LogP contribution in [0.2, 0.25) is 5.02 Å². The number of hydrogen-bond acceptors (Lipinski definition) is 5. The van der Waals surface area contributed by atoms with E-state index in [1.807, 2.05) is 6.92 Å². The summed E-state index contributed by atoms with van der Waals surface area (Å²) in [4.78, 5) is 16.7. The number of rotatable bonds is 7. The van der Waals surface area contributed by atoms with Crippen LogP contribution in [-0.4, -0.2) is 23.7 Å². The van der Waals surface area contributed by atoms with E-state index in [1.165, 1.54) is 17.0 Å². The van der Waals surface area contributed by atoms with Gasteiger partial charge in [0.25, 0.3) is 5.56 Å². The molecule has 30 heavy (non-hydrogen) atoms. The number of nitrogens with one attached hydrogen (secondary N) is 2. The molecular formula is C20H22ClFN4O3S. The van der Waals surface area contributed by atoms with Crippen LogP contribution in [0.3, 0.4) is 0 Å². The third-order valence-electron chi connectivity index (χ3n) is 4.73. The van der Waals surface area contributed by atoms with Crippen molar-refractivity contribution in [3.05, 3.63) is 57.3 Å². The molecule has 0 fully saturated rings. The second-order valence-corrected chi connectivity index (χ2v) is 9.20. The third kappa shape index (κ3) is 4.41. The SMILES string of the molecule is CCCCS(=O)(=O)Nc1ccc(F)c(Nc2ccc3ncn(C)c(=O)c3c2C)c1Cl. The van der Waals surface area contributed by atoms with Gasteiger partial charge in [-0.1, -0.05) is 24.9 Å². The number of anilines is 3. The predicted octanol–water partition coefficient (Wildman–Crippen LogP) is 4.32. The zero-order chi connectivity index (χ0) is 22.1. The summed E-state index contributed by atoms with van der Waals surface area (Å²) in [5, 5.41) is 3.20. The molecule has 0 unspecified atom stereocenters. The minimum absolute atomic E-state index is 0.0555. The molecule has 0 aliphatic rings. The van der Waals surface area contributed by atoms with E-state index in [9.17, 15) is 17.6 Å². The molecule has 3 aromatic rings. The van der Waals surface area contributed by atoms with Crippen molar-refractivity contribution in [3.63, 3.8) is 0 Å². The highest BCUT2D eigenvalue weighted by molar-refractivity contribution is 7.92. The molecule has 10 heteroatoms. The molecule has 0 bridgehead atoms. The Kier molecular flexibility index (Phi) is 6.33. The van der Waals surface area contributed by atoms with Crippen LogP contribution in [0.5, 0.6) is 0 Å². The molecule has 0 atom stereocenters. The van der Waals surface area contributed by atoms with E-state index in [2.05, 4.69) is 15.0 Å². The van der Waals surface area contributed by atoms with Crippen molar-refractivity contribution in [1.29, 1.82) is 0 Å². The summed E-state index contributed by atoms with van der Waals surface area (Å²) in [7, 11) is -2.01. The lowest BCUT2D eigenvalue weighted by Gasteiger charge is -2.16. The van der Waals surface area contributed by atoms with Crippen LogP contribution in [0.25, 0.3) is 10.9 Å². The molecule has 0 saturated carbocycles. The van der Waals surface area contributed by atoms with Crippen LogP contribution in [-0.2, 0) is 17.1 Å². The first-order valence-electron chi connectivity index (χ1n) is 9.35. The highest BCUT2D eigenvalue weighted by atomic mass is 35.5. The van der Waals surface area contributed by atoms with Gasteiger partial charge in [0.2, 0.25) is 10.0 Å². The third-order valence-corrected chi connectivity index (χ3v) is 6.48. The number of fused-ring (bicyclic) bond motifs is 1. The van der Waals surface area contributed by atoms with Gasteiger partial charge in [0.05, 0.1) is 39.4 Å². The molecule has 2 aromatic carbocycles. The Morgan fingerprint density at radius 2 is 1.90 bits per heavy atom. The molecule has 0 radical (unpaired) electrons. The summed E-state index contributed by atoms with van der Waals surface area (Å²) in [5.74, 6) is -0.713. The Morgan fingerprint density at radius 1 is 1.20 bits per heavy atom. The van der Waals surface area contributed by atoms with Crippen LogP contribution in [0, 0.1) is 12.7 Å². The molecule has 0 spiro atoms. The summed E-state index contributed by atoms with van der Waals surface area (Å²) in [6.07, 6.45) is 2.65. The summed E-state index contributed by atoms with van der Waals surface area (Å²) in [6, 6.07) is 5.72. The number of nitrogens with zero attached hydrogens (tertiary/aromatic N) is 2. The molecule has 160 valence electrons. The van der Waals surface area contributed by atoms with Crippen LogP contribution in [0.4, 0.5) is 21.5 Å². The van der Waals surface area contributed by atoms with Gasteiger partial charge in [-0.25, -0.2) is 17.8 Å². The van der Waals surface area contributed by atoms with Crippen LogP contribution < -0.4 is 15.6 Å². The topological polar surface area (TPSA) is 93.1 Å². The molecule has 1 heterocycles. The zero-order valence-electron chi connectivity index (χ0n) is 16.8. The first-order chi connectivity index (χ1) is 14.1. The first-order valence-corrected chi connectivity index (χ1v) is 11.4. The first kappa shape index (κ1) is 22.0. The maximum atomic E-state index is 14.5. The normalized spacial score (nSPS) is 11.6. The maximum absolute atomic E-state index is 14.5. The van der Waals surface area contributed by atoms with Gasteiger partial charge in [-0.2, -0.15) is 0 Å². The second kappa shape index (κ2) is 8.61. The van der Waals surface area contributed by atoms with E-state index in [0.717, 1.165) is 12.5 Å². The summed E-state index contributed by atoms with van der Waals surface area (Å²) >= 11 is 6.32. The highest BCUT2D eigenvalue weighted by Gasteiger charge is 2.18. The number of aryl methyl sites for hydroxylation is 2. The van der Waals surface area contributed by atoms with Crippen molar-refractivity contribution in [3.8, 4) is 0 Å². The van der Waals surface area contributed by atoms with Gasteiger partial charge in [-0.15, -0.1) is 0 Å². The largest absolute Gasteiger partial charge is 0.352 e. The molecule has 2 N–H and O–H groups in total. The fourth-order valence-corrected chi connectivity index (χ4v) is 4.60. The Bertz CT molecular complexity index is 1280. The van der Waals surface area contributed by atoms with Crippen molar-refractivity contribution < 1.29 is 12.8 Å². The number of halogens is 2. The Morgan fingerprint density at radius 3 is 2.60 bits per heavy atom. The zero-order valence-corrected chi connectivity index (χ0v) is 18.4. The van der Waals surface area contributed by atoms with Gasteiger partial charge in [0.1, 0.15) is 5.82 Å². The van der Waals surface area contributed by atoms with E-state index in [1.54, 1.807) is 26.1 Å². The lowest BCUT2D eigenvalue weighted by molar-refractivity contribution is 0.597. The molecular weight excluding hydrogens is 431 g/mol. The summed E-state index contributed by atoms with van der Waals surface area (Å²) in [6.45, 7) is 3.61. The van der Waals surface area contributed by atoms with E-state index in [4.69, 9.17) is 11.6 Å². The van der Waals surface area contributed by atoms with Crippen molar-refractivity contribution >= 4 is 49.6 Å². The minimum Gasteiger partial charge on any atom is -0.352 e. The standard InChI is InChI=1S/C20H22ClFN4O3S/c1-4-5-10-30(28,29)25-16-7-6-13(22)19(18(16)21)24-14-8-9-15-17(12(14)2)20(27)26(3)11-23-15/h6-9,11,24-25H,4-5,10H2,1-3H3. The van der Waals surface area contributed by atoms with Gasteiger partial charge >= 0.3 is 0 Å². The number of hydrogen-bond donors (Lipinski definition) is 2. The van der Waals surface area contributed by atoms with Gasteiger partial charge < -0.3 is 9.88 Å². The summed E-state index contributed by atoms with van der Waals surface area (Å²) < 4.78 is 42.7. The fraction of sp³-hybridized carbons (Fsp3) is 0.300. The Labute approximate surface area is 178 Å². The molecule has 0 amide bonds. The average molecular weight is 453 g/mol. The number of sulfonamides is 1. The van der Waals surface area contributed by atoms with E-state index in [0.29, 0.717) is 28.6 Å². The lowest BCUT2D eigenvalue weighted by Crippen LogP contribution is -2.18. The smallest absolute Gasteiger partial charge is 0.261 e. The van der Waals surface area contributed by atoms with E-state index in [-0.39, 0.29) is 27.7 Å². The molecule has 0 aliphatic heterocycles. The fourth-order valence-electron chi connectivity index (χ4n) is 3.02. The van der Waals surface area contributed by atoms with Crippen LogP contribution in [0.15, 0.2) is 35.4 Å². The van der Waals surface area contributed by atoms with E-state index >= 15 is 0 Å². The van der Waals surface area contributed by atoms with Crippen molar-refractivity contribution in [2.75, 3.05) is 15.8 Å². The quantitative estimate of drug-likeness (QED) is 0.556. The Balaban J connectivity index is 2.02. The van der Waals surface area contributed by atoms with Crippen molar-refractivity contribution in [2.45, 2.75) is 26.7 Å². The van der Waals surface area contributed by atoms with Crippen LogP contribution >= 0.6 is 11.6 Å². The molecule has 3 rings (SSSR count). The second-order valence-electron chi connectivity index (χ2n) is 6.98.